The number of ether oxygens (including phenoxy) is 1. The second-order valence-electron chi connectivity index (χ2n) is 5.12. The molecule has 1 fully saturated rings. The highest BCUT2D eigenvalue weighted by Gasteiger charge is 2.24. The summed E-state index contributed by atoms with van der Waals surface area (Å²) in [5, 5.41) is 12.6. The third-order valence-corrected chi connectivity index (χ3v) is 2.30. The van der Waals surface area contributed by atoms with Gasteiger partial charge in [0.1, 0.15) is 5.60 Å². The Morgan fingerprint density at radius 2 is 2.20 bits per heavy atom. The standard InChI is InChI=1S/C11H21NO3/c1-11(2,3)15-10(14)7-8-6-9(13)4-5-12-8/h8-9,12-13H,4-7H2,1-3H3. The van der Waals surface area contributed by atoms with Gasteiger partial charge in [0.05, 0.1) is 12.5 Å². The lowest BCUT2D eigenvalue weighted by Crippen LogP contribution is -2.42. The van der Waals surface area contributed by atoms with E-state index in [9.17, 15) is 9.90 Å². The fourth-order valence-corrected chi connectivity index (χ4v) is 1.72. The maximum atomic E-state index is 11.5. The summed E-state index contributed by atoms with van der Waals surface area (Å²) in [5.41, 5.74) is -0.426. The van der Waals surface area contributed by atoms with Crippen LogP contribution in [-0.4, -0.2) is 35.4 Å². The zero-order chi connectivity index (χ0) is 11.5. The van der Waals surface area contributed by atoms with Gasteiger partial charge in [0.25, 0.3) is 0 Å². The van der Waals surface area contributed by atoms with Gasteiger partial charge in [0, 0.05) is 6.04 Å². The van der Waals surface area contributed by atoms with E-state index in [-0.39, 0.29) is 18.1 Å². The Bertz CT molecular complexity index is 222. The number of carbonyl (C=O) groups excluding carboxylic acids is 1. The Hall–Kier alpha value is -0.610. The SMILES string of the molecule is CC(C)(C)OC(=O)CC1CC(O)CCN1. The minimum absolute atomic E-state index is 0.0589. The van der Waals surface area contributed by atoms with Crippen molar-refractivity contribution in [2.45, 2.75) is 57.8 Å². The second kappa shape index (κ2) is 4.94. The fraction of sp³-hybridized carbons (Fsp3) is 0.909. The molecule has 2 unspecified atom stereocenters. The van der Waals surface area contributed by atoms with Crippen molar-refractivity contribution >= 4 is 5.97 Å². The predicted octanol–water partition coefficient (Wildman–Crippen LogP) is 0.831. The van der Waals surface area contributed by atoms with Gasteiger partial charge in [-0.05, 0) is 40.2 Å². The Morgan fingerprint density at radius 3 is 2.73 bits per heavy atom. The van der Waals surface area contributed by atoms with Gasteiger partial charge in [0.15, 0.2) is 0 Å². The molecule has 0 radical (unpaired) electrons. The molecule has 15 heavy (non-hydrogen) atoms. The van der Waals surface area contributed by atoms with Gasteiger partial charge in [-0.3, -0.25) is 4.79 Å². The first-order valence-corrected chi connectivity index (χ1v) is 5.50. The highest BCUT2D eigenvalue weighted by atomic mass is 16.6. The molecule has 0 aromatic rings. The van der Waals surface area contributed by atoms with Crippen LogP contribution in [0.25, 0.3) is 0 Å². The van der Waals surface area contributed by atoms with Crippen LogP contribution in [0.2, 0.25) is 0 Å². The normalized spacial score (nSPS) is 27.5. The molecular formula is C11H21NO3. The van der Waals surface area contributed by atoms with Crippen LogP contribution in [0.15, 0.2) is 0 Å². The molecule has 0 aromatic heterocycles. The number of esters is 1. The highest BCUT2D eigenvalue weighted by Crippen LogP contribution is 2.14. The summed E-state index contributed by atoms with van der Waals surface area (Å²) in [4.78, 5) is 11.5. The molecular weight excluding hydrogens is 194 g/mol. The zero-order valence-corrected chi connectivity index (χ0v) is 9.75. The Morgan fingerprint density at radius 1 is 1.53 bits per heavy atom. The number of rotatable bonds is 2. The number of piperidine rings is 1. The summed E-state index contributed by atoms with van der Waals surface area (Å²) in [6.45, 7) is 6.34. The smallest absolute Gasteiger partial charge is 0.307 e. The average molecular weight is 215 g/mol. The molecule has 0 aliphatic carbocycles. The largest absolute Gasteiger partial charge is 0.460 e. The Labute approximate surface area is 91.0 Å². The number of aliphatic hydroxyl groups is 1. The second-order valence-corrected chi connectivity index (χ2v) is 5.12. The van der Waals surface area contributed by atoms with Crippen molar-refractivity contribution in [2.75, 3.05) is 6.54 Å². The van der Waals surface area contributed by atoms with Gasteiger partial charge in [0.2, 0.25) is 0 Å². The van der Waals surface area contributed by atoms with E-state index in [1.807, 2.05) is 20.8 Å². The van der Waals surface area contributed by atoms with E-state index < -0.39 is 5.60 Å². The molecule has 4 nitrogen and oxygen atoms in total. The van der Waals surface area contributed by atoms with Crippen molar-refractivity contribution in [3.8, 4) is 0 Å². The molecule has 2 N–H and O–H groups in total. The van der Waals surface area contributed by atoms with E-state index in [2.05, 4.69) is 5.32 Å². The molecule has 0 aromatic carbocycles. The lowest BCUT2D eigenvalue weighted by Gasteiger charge is -2.28. The lowest BCUT2D eigenvalue weighted by molar-refractivity contribution is -0.155. The van der Waals surface area contributed by atoms with Gasteiger partial charge >= 0.3 is 5.97 Å². The third kappa shape index (κ3) is 5.14. The van der Waals surface area contributed by atoms with Crippen LogP contribution in [0.4, 0.5) is 0 Å². The van der Waals surface area contributed by atoms with Crippen LogP contribution in [0.3, 0.4) is 0 Å². The number of nitrogens with one attached hydrogen (secondary N) is 1. The Kier molecular flexibility index (Phi) is 4.11. The molecule has 0 bridgehead atoms. The van der Waals surface area contributed by atoms with Crippen molar-refractivity contribution in [3.05, 3.63) is 0 Å². The monoisotopic (exact) mass is 215 g/mol. The number of aliphatic hydroxyl groups excluding tert-OH is 1. The minimum atomic E-state index is -0.426. The zero-order valence-electron chi connectivity index (χ0n) is 9.75. The lowest BCUT2D eigenvalue weighted by atomic mass is 9.99. The maximum absolute atomic E-state index is 11.5. The average Bonchev–Trinajstić information content (AvgIpc) is 1.99. The summed E-state index contributed by atoms with van der Waals surface area (Å²) < 4.78 is 5.22. The molecule has 1 heterocycles. The molecule has 1 aliphatic rings. The van der Waals surface area contributed by atoms with Gasteiger partial charge < -0.3 is 15.2 Å². The molecule has 1 rings (SSSR count). The minimum Gasteiger partial charge on any atom is -0.460 e. The van der Waals surface area contributed by atoms with E-state index >= 15 is 0 Å². The molecule has 0 saturated carbocycles. The van der Waals surface area contributed by atoms with Crippen LogP contribution < -0.4 is 5.32 Å². The summed E-state index contributed by atoms with van der Waals surface area (Å²) in [6, 6.07) is 0.0589. The maximum Gasteiger partial charge on any atom is 0.307 e. The van der Waals surface area contributed by atoms with Crippen LogP contribution >= 0.6 is 0 Å². The fourth-order valence-electron chi connectivity index (χ4n) is 1.72. The topological polar surface area (TPSA) is 58.6 Å². The first kappa shape index (κ1) is 12.5. The van der Waals surface area contributed by atoms with E-state index in [1.54, 1.807) is 0 Å². The molecule has 0 spiro atoms. The molecule has 2 atom stereocenters. The predicted molar refractivity (Wildman–Crippen MR) is 57.5 cm³/mol. The van der Waals surface area contributed by atoms with E-state index in [1.165, 1.54) is 0 Å². The first-order valence-electron chi connectivity index (χ1n) is 5.50. The van der Waals surface area contributed by atoms with Gasteiger partial charge in [-0.2, -0.15) is 0 Å². The van der Waals surface area contributed by atoms with Crippen molar-refractivity contribution < 1.29 is 14.6 Å². The highest BCUT2D eigenvalue weighted by molar-refractivity contribution is 5.70. The van der Waals surface area contributed by atoms with E-state index in [4.69, 9.17) is 4.74 Å². The summed E-state index contributed by atoms with van der Waals surface area (Å²) in [6.07, 6.45) is 1.47. The van der Waals surface area contributed by atoms with Gasteiger partial charge in [-0.15, -0.1) is 0 Å². The number of hydrogen-bond donors (Lipinski definition) is 2. The van der Waals surface area contributed by atoms with Crippen molar-refractivity contribution in [2.24, 2.45) is 0 Å². The summed E-state index contributed by atoms with van der Waals surface area (Å²) in [7, 11) is 0. The van der Waals surface area contributed by atoms with Crippen LogP contribution in [0.5, 0.6) is 0 Å². The summed E-state index contributed by atoms with van der Waals surface area (Å²) in [5.74, 6) is -0.200. The molecule has 1 saturated heterocycles. The number of hydrogen-bond acceptors (Lipinski definition) is 4. The Balaban J connectivity index is 2.31. The van der Waals surface area contributed by atoms with Crippen LogP contribution in [0, 0.1) is 0 Å². The van der Waals surface area contributed by atoms with Crippen molar-refractivity contribution in [1.82, 2.24) is 5.32 Å². The van der Waals surface area contributed by atoms with Crippen molar-refractivity contribution in [1.29, 1.82) is 0 Å². The number of carbonyl (C=O) groups is 1. The van der Waals surface area contributed by atoms with Gasteiger partial charge in [-0.25, -0.2) is 0 Å². The van der Waals surface area contributed by atoms with Crippen LogP contribution in [0.1, 0.15) is 40.0 Å². The molecule has 4 heteroatoms. The quantitative estimate of drug-likeness (QED) is 0.670. The molecule has 88 valence electrons. The van der Waals surface area contributed by atoms with E-state index in [0.717, 1.165) is 13.0 Å². The molecule has 0 amide bonds. The van der Waals surface area contributed by atoms with Crippen LogP contribution in [-0.2, 0) is 9.53 Å². The van der Waals surface area contributed by atoms with Crippen molar-refractivity contribution in [3.63, 3.8) is 0 Å². The third-order valence-electron chi connectivity index (χ3n) is 2.30. The van der Waals surface area contributed by atoms with E-state index in [0.29, 0.717) is 12.8 Å². The first-order chi connectivity index (χ1) is 6.87. The summed E-state index contributed by atoms with van der Waals surface area (Å²) >= 11 is 0. The molecule has 1 aliphatic heterocycles. The van der Waals surface area contributed by atoms with Gasteiger partial charge in [-0.1, -0.05) is 0 Å².